The van der Waals surface area contributed by atoms with Gasteiger partial charge in [-0.3, -0.25) is 0 Å². The van der Waals surface area contributed by atoms with Crippen LogP contribution in [-0.4, -0.2) is 34.3 Å². The Labute approximate surface area is 196 Å². The first kappa shape index (κ1) is 23.8. The zero-order valence-electron chi connectivity index (χ0n) is 17.9. The van der Waals surface area contributed by atoms with Crippen molar-refractivity contribution in [1.29, 1.82) is 0 Å². The number of nitrogens with one attached hydrogen (secondary N) is 1. The van der Waals surface area contributed by atoms with Crippen molar-refractivity contribution < 1.29 is 31.5 Å². The van der Waals surface area contributed by atoms with E-state index in [9.17, 15) is 17.6 Å². The number of ether oxygens (including phenoxy) is 2. The average molecular weight is 500 g/mol. The standard InChI is InChI=1S/C23H24ClF2NO5S/c1-2-27-22(28)32-12-14-4-3-11-23(33(29,30)16-7-5-15(24)6-8-16)17(14)13-31-21-19(26)10-9-18(25)20(21)23/h5-10,14,17H,2-4,11-13H2,1H3,(H,27,28)/t14-,17?,23-/m0/s1. The van der Waals surface area contributed by atoms with Crippen LogP contribution in [0, 0.1) is 23.5 Å². The molecule has 1 aliphatic heterocycles. The van der Waals surface area contributed by atoms with Crippen LogP contribution < -0.4 is 10.1 Å². The van der Waals surface area contributed by atoms with Crippen molar-refractivity contribution in [2.75, 3.05) is 19.8 Å². The third-order valence-corrected chi connectivity index (χ3v) is 9.35. The fourth-order valence-electron chi connectivity index (χ4n) is 5.09. The van der Waals surface area contributed by atoms with Gasteiger partial charge in [0.1, 0.15) is 10.6 Å². The molecule has 1 amide bonds. The van der Waals surface area contributed by atoms with Gasteiger partial charge >= 0.3 is 6.09 Å². The Bertz CT molecular complexity index is 1160. The number of hydrogen-bond donors (Lipinski definition) is 1. The van der Waals surface area contributed by atoms with Crippen LogP contribution in [0.25, 0.3) is 0 Å². The zero-order valence-corrected chi connectivity index (χ0v) is 19.5. The molecule has 10 heteroatoms. The predicted octanol–water partition coefficient (Wildman–Crippen LogP) is 4.84. The lowest BCUT2D eigenvalue weighted by Gasteiger charge is -2.50. The summed E-state index contributed by atoms with van der Waals surface area (Å²) in [5, 5.41) is 2.88. The number of hydrogen-bond acceptors (Lipinski definition) is 5. The molecule has 3 atom stereocenters. The number of fused-ring (bicyclic) bond motifs is 3. The molecule has 1 aliphatic carbocycles. The summed E-state index contributed by atoms with van der Waals surface area (Å²) in [6, 6.07) is 7.47. The summed E-state index contributed by atoms with van der Waals surface area (Å²) in [5.74, 6) is -3.24. The topological polar surface area (TPSA) is 81.7 Å². The van der Waals surface area contributed by atoms with E-state index in [0.29, 0.717) is 24.4 Å². The number of carbonyl (C=O) groups excluding carboxylic acids is 1. The lowest BCUT2D eigenvalue weighted by atomic mass is 9.67. The molecule has 2 aromatic carbocycles. The highest BCUT2D eigenvalue weighted by atomic mass is 35.5. The number of carbonyl (C=O) groups is 1. The number of benzene rings is 2. The maximum absolute atomic E-state index is 15.3. The maximum Gasteiger partial charge on any atom is 0.407 e. The van der Waals surface area contributed by atoms with E-state index >= 15 is 4.39 Å². The molecule has 0 radical (unpaired) electrons. The van der Waals surface area contributed by atoms with Crippen LogP contribution >= 0.6 is 11.6 Å². The van der Waals surface area contributed by atoms with Gasteiger partial charge in [-0.1, -0.05) is 18.0 Å². The second kappa shape index (κ2) is 9.10. The quantitative estimate of drug-likeness (QED) is 0.636. The Morgan fingerprint density at radius 3 is 2.61 bits per heavy atom. The van der Waals surface area contributed by atoms with E-state index in [-0.39, 0.29) is 35.8 Å². The van der Waals surface area contributed by atoms with E-state index in [1.807, 2.05) is 0 Å². The number of alkyl carbamates (subject to hydrolysis) is 1. The average Bonchev–Trinajstić information content (AvgIpc) is 2.79. The highest BCUT2D eigenvalue weighted by molar-refractivity contribution is 7.92. The largest absolute Gasteiger partial charge is 0.490 e. The predicted molar refractivity (Wildman–Crippen MR) is 118 cm³/mol. The van der Waals surface area contributed by atoms with E-state index in [1.165, 1.54) is 24.3 Å². The van der Waals surface area contributed by atoms with Crippen molar-refractivity contribution >= 4 is 27.5 Å². The first-order chi connectivity index (χ1) is 15.7. The van der Waals surface area contributed by atoms with Crippen LogP contribution in [0.2, 0.25) is 5.02 Å². The lowest BCUT2D eigenvalue weighted by molar-refractivity contribution is 0.0334. The summed E-state index contributed by atoms with van der Waals surface area (Å²) in [7, 11) is -4.24. The van der Waals surface area contributed by atoms with Crippen molar-refractivity contribution in [1.82, 2.24) is 5.32 Å². The van der Waals surface area contributed by atoms with E-state index in [0.717, 1.165) is 12.1 Å². The van der Waals surface area contributed by atoms with Crippen LogP contribution in [0.3, 0.4) is 0 Å². The molecule has 178 valence electrons. The Morgan fingerprint density at radius 2 is 1.91 bits per heavy atom. The Kier molecular flexibility index (Phi) is 6.55. The van der Waals surface area contributed by atoms with E-state index < -0.39 is 44.1 Å². The number of sulfone groups is 1. The molecule has 2 aromatic rings. The third-order valence-electron chi connectivity index (χ3n) is 6.53. The summed E-state index contributed by atoms with van der Waals surface area (Å²) < 4.78 is 67.4. The molecule has 1 heterocycles. The van der Waals surface area contributed by atoms with Gasteiger partial charge in [-0.25, -0.2) is 22.0 Å². The first-order valence-corrected chi connectivity index (χ1v) is 12.6. The molecular weight excluding hydrogens is 476 g/mol. The van der Waals surface area contributed by atoms with Gasteiger partial charge in [-0.15, -0.1) is 0 Å². The minimum atomic E-state index is -4.24. The van der Waals surface area contributed by atoms with Crippen LogP contribution in [-0.2, 0) is 19.3 Å². The van der Waals surface area contributed by atoms with Crippen LogP contribution in [0.5, 0.6) is 5.75 Å². The van der Waals surface area contributed by atoms with Gasteiger partial charge in [-0.05, 0) is 56.2 Å². The third kappa shape index (κ3) is 3.95. The second-order valence-electron chi connectivity index (χ2n) is 8.28. The van der Waals surface area contributed by atoms with E-state index in [4.69, 9.17) is 21.1 Å². The van der Waals surface area contributed by atoms with Gasteiger partial charge in [0.2, 0.25) is 0 Å². The van der Waals surface area contributed by atoms with E-state index in [1.54, 1.807) is 6.92 Å². The van der Waals surface area contributed by atoms with Crippen molar-refractivity contribution in [3.63, 3.8) is 0 Å². The SMILES string of the molecule is CCNC(=O)OC[C@@H]1CCC[C@@]2(S(=O)(=O)c3ccc(Cl)cc3)c3c(F)ccc(F)c3OCC12. The van der Waals surface area contributed by atoms with Crippen molar-refractivity contribution in [2.24, 2.45) is 11.8 Å². The number of halogens is 3. The smallest absolute Gasteiger partial charge is 0.407 e. The fourth-order valence-corrected chi connectivity index (χ4v) is 7.66. The van der Waals surface area contributed by atoms with Gasteiger partial charge in [0, 0.05) is 23.4 Å². The van der Waals surface area contributed by atoms with Gasteiger partial charge in [0.25, 0.3) is 0 Å². The molecular formula is C23H24ClF2NO5S. The van der Waals surface area contributed by atoms with Crippen LogP contribution in [0.15, 0.2) is 41.3 Å². The van der Waals surface area contributed by atoms with Crippen molar-refractivity contribution in [2.45, 2.75) is 35.8 Å². The molecule has 0 bridgehead atoms. The van der Waals surface area contributed by atoms with Gasteiger partial charge in [0.15, 0.2) is 21.4 Å². The minimum Gasteiger partial charge on any atom is -0.490 e. The number of amides is 1. The molecule has 1 fully saturated rings. The minimum absolute atomic E-state index is 0.0429. The van der Waals surface area contributed by atoms with Gasteiger partial charge in [0.05, 0.1) is 23.7 Å². The fraction of sp³-hybridized carbons (Fsp3) is 0.435. The van der Waals surface area contributed by atoms with Gasteiger partial charge < -0.3 is 14.8 Å². The monoisotopic (exact) mass is 499 g/mol. The highest BCUT2D eigenvalue weighted by Crippen LogP contribution is 2.58. The summed E-state index contributed by atoms with van der Waals surface area (Å²) in [6.07, 6.45) is 0.431. The lowest BCUT2D eigenvalue weighted by Crippen LogP contribution is -2.55. The van der Waals surface area contributed by atoms with Crippen LogP contribution in [0.1, 0.15) is 31.7 Å². The molecule has 1 N–H and O–H groups in total. The second-order valence-corrected chi connectivity index (χ2v) is 10.9. The summed E-state index contributed by atoms with van der Waals surface area (Å²) in [5.41, 5.74) is -0.295. The Hall–Kier alpha value is -2.39. The van der Waals surface area contributed by atoms with E-state index in [2.05, 4.69) is 5.32 Å². The molecule has 1 saturated carbocycles. The normalized spacial score (nSPS) is 24.2. The van der Waals surface area contributed by atoms with Crippen molar-refractivity contribution in [3.05, 3.63) is 58.6 Å². The molecule has 6 nitrogen and oxygen atoms in total. The molecule has 0 saturated heterocycles. The molecule has 4 rings (SSSR count). The van der Waals surface area contributed by atoms with Crippen molar-refractivity contribution in [3.8, 4) is 5.75 Å². The highest BCUT2D eigenvalue weighted by Gasteiger charge is 2.61. The zero-order chi connectivity index (χ0) is 23.8. The Morgan fingerprint density at radius 1 is 1.21 bits per heavy atom. The van der Waals surface area contributed by atoms with Gasteiger partial charge in [-0.2, -0.15) is 0 Å². The molecule has 33 heavy (non-hydrogen) atoms. The molecule has 1 unspecified atom stereocenters. The van der Waals surface area contributed by atoms with Crippen LogP contribution in [0.4, 0.5) is 13.6 Å². The summed E-state index contributed by atoms with van der Waals surface area (Å²) >= 11 is 5.95. The molecule has 0 spiro atoms. The molecule has 0 aromatic heterocycles. The first-order valence-electron chi connectivity index (χ1n) is 10.7. The summed E-state index contributed by atoms with van der Waals surface area (Å²) in [6.45, 7) is 1.91. The maximum atomic E-state index is 15.3. The summed E-state index contributed by atoms with van der Waals surface area (Å²) in [4.78, 5) is 11.8. The number of rotatable bonds is 5. The molecule has 2 aliphatic rings. The Balaban J connectivity index is 1.87.